The molecule has 0 amide bonds. The van der Waals surface area contributed by atoms with Crippen molar-refractivity contribution in [1.29, 1.82) is 0 Å². The topological polar surface area (TPSA) is 30.7 Å². The van der Waals surface area contributed by atoms with E-state index >= 15 is 0 Å². The van der Waals surface area contributed by atoms with Crippen LogP contribution in [0, 0.1) is 0 Å². The summed E-state index contributed by atoms with van der Waals surface area (Å²) in [5, 5.41) is 9.92. The third-order valence-electron chi connectivity index (χ3n) is 10.4. The predicted octanol–water partition coefficient (Wildman–Crippen LogP) is 13.2. The average Bonchev–Trinajstić information content (AvgIpc) is 3.76. The Bertz CT molecular complexity index is 3120. The molecule has 8 aromatic carbocycles. The summed E-state index contributed by atoms with van der Waals surface area (Å²) in [7, 11) is 0. The van der Waals surface area contributed by atoms with Crippen LogP contribution in [0.25, 0.3) is 103 Å². The molecule has 0 unspecified atom stereocenters. The molecule has 0 atom stereocenters. The highest BCUT2D eigenvalue weighted by Crippen LogP contribution is 2.46. The van der Waals surface area contributed by atoms with E-state index in [1.165, 1.54) is 63.8 Å². The lowest BCUT2D eigenvalue weighted by Crippen LogP contribution is -1.96. The van der Waals surface area contributed by atoms with E-state index in [0.717, 1.165) is 39.3 Å². The fourth-order valence-corrected chi connectivity index (χ4v) is 9.27. The van der Waals surface area contributed by atoms with Crippen LogP contribution < -0.4 is 0 Å². The standard InChI is InChI=1S/C48H29N3S/c1-3-14-30(15-4-1)40-29-41(31-16-5-2-6-17-31)50-48(49-40)39-28-45-46(36-22-10-9-20-34(36)39)37-23-13-25-43(47(37)52-45)51-42-24-12-11-21-35(42)38-26-32-18-7-8-19-33(32)27-44(38)51/h1-29H. The van der Waals surface area contributed by atoms with Gasteiger partial charge in [-0.25, -0.2) is 9.97 Å². The van der Waals surface area contributed by atoms with Gasteiger partial charge in [0.05, 0.1) is 32.8 Å². The highest BCUT2D eigenvalue weighted by atomic mass is 32.1. The number of para-hydroxylation sites is 1. The van der Waals surface area contributed by atoms with Crippen LogP contribution in [-0.4, -0.2) is 14.5 Å². The maximum atomic E-state index is 5.25. The average molecular weight is 680 g/mol. The maximum Gasteiger partial charge on any atom is 0.161 e. The summed E-state index contributed by atoms with van der Waals surface area (Å²) >= 11 is 1.86. The highest BCUT2D eigenvalue weighted by Gasteiger charge is 2.21. The lowest BCUT2D eigenvalue weighted by molar-refractivity contribution is 1.19. The van der Waals surface area contributed by atoms with Gasteiger partial charge in [-0.15, -0.1) is 11.3 Å². The van der Waals surface area contributed by atoms with E-state index in [0.29, 0.717) is 0 Å². The molecule has 0 saturated heterocycles. The summed E-state index contributed by atoms with van der Waals surface area (Å²) in [5.41, 5.74) is 8.61. The number of thiophene rings is 1. The van der Waals surface area contributed by atoms with Crippen molar-refractivity contribution in [2.75, 3.05) is 0 Å². The Morgan fingerprint density at radius 2 is 1.02 bits per heavy atom. The maximum absolute atomic E-state index is 5.25. The van der Waals surface area contributed by atoms with Crippen LogP contribution in [0.5, 0.6) is 0 Å². The van der Waals surface area contributed by atoms with Gasteiger partial charge >= 0.3 is 0 Å². The molecule has 0 bridgehead atoms. The Morgan fingerprint density at radius 1 is 0.423 bits per heavy atom. The summed E-state index contributed by atoms with van der Waals surface area (Å²) in [5.74, 6) is 0.727. The molecule has 0 fully saturated rings. The molecule has 0 aliphatic heterocycles. The third-order valence-corrected chi connectivity index (χ3v) is 11.5. The lowest BCUT2D eigenvalue weighted by atomic mass is 9.98. The van der Waals surface area contributed by atoms with E-state index in [4.69, 9.17) is 9.97 Å². The van der Waals surface area contributed by atoms with Crippen molar-refractivity contribution in [2.45, 2.75) is 0 Å². The summed E-state index contributed by atoms with van der Waals surface area (Å²) in [6.07, 6.45) is 0. The summed E-state index contributed by atoms with van der Waals surface area (Å²) in [6, 6.07) is 62.9. The van der Waals surface area contributed by atoms with Crippen molar-refractivity contribution < 1.29 is 0 Å². The SMILES string of the molecule is c1ccc(-c2cc(-c3ccccc3)nc(-c3cc4sc5c(-n6c7ccccc7c7cc8ccccc8cc76)cccc5c4c4ccccc34)n2)cc1. The van der Waals surface area contributed by atoms with E-state index in [1.54, 1.807) is 0 Å². The van der Waals surface area contributed by atoms with Gasteiger partial charge < -0.3 is 4.57 Å². The van der Waals surface area contributed by atoms with Crippen LogP contribution in [0.3, 0.4) is 0 Å². The number of nitrogens with zero attached hydrogens (tertiary/aromatic N) is 3. The minimum Gasteiger partial charge on any atom is -0.308 e. The molecule has 11 aromatic rings. The van der Waals surface area contributed by atoms with Gasteiger partial charge in [-0.1, -0.05) is 140 Å². The lowest BCUT2D eigenvalue weighted by Gasteiger charge is -2.12. The summed E-state index contributed by atoms with van der Waals surface area (Å²) in [4.78, 5) is 10.5. The molecule has 3 aromatic heterocycles. The fourth-order valence-electron chi connectivity index (χ4n) is 8.00. The van der Waals surface area contributed by atoms with Crippen molar-refractivity contribution in [2.24, 2.45) is 0 Å². The quantitative estimate of drug-likeness (QED) is 0.185. The van der Waals surface area contributed by atoms with Gasteiger partial charge in [0, 0.05) is 42.9 Å². The van der Waals surface area contributed by atoms with Crippen molar-refractivity contribution in [3.63, 3.8) is 0 Å². The van der Waals surface area contributed by atoms with E-state index in [-0.39, 0.29) is 0 Å². The minimum absolute atomic E-state index is 0.727. The van der Waals surface area contributed by atoms with Gasteiger partial charge in [0.25, 0.3) is 0 Å². The molecule has 4 heteroatoms. The molecule has 3 nitrogen and oxygen atoms in total. The number of rotatable bonds is 4. The van der Waals surface area contributed by atoms with E-state index in [2.05, 4.69) is 168 Å². The number of fused-ring (bicyclic) bond motifs is 9. The zero-order chi connectivity index (χ0) is 34.2. The molecular formula is C48H29N3S. The van der Waals surface area contributed by atoms with Gasteiger partial charge in [-0.2, -0.15) is 0 Å². The second-order valence-electron chi connectivity index (χ2n) is 13.4. The minimum atomic E-state index is 0.727. The highest BCUT2D eigenvalue weighted by molar-refractivity contribution is 7.26. The Morgan fingerprint density at radius 3 is 1.75 bits per heavy atom. The van der Waals surface area contributed by atoms with Crippen molar-refractivity contribution in [3.8, 4) is 39.6 Å². The number of benzene rings is 8. The van der Waals surface area contributed by atoms with Crippen LogP contribution in [0.15, 0.2) is 176 Å². The molecule has 0 saturated carbocycles. The zero-order valence-electron chi connectivity index (χ0n) is 28.0. The van der Waals surface area contributed by atoms with Crippen LogP contribution in [0.4, 0.5) is 0 Å². The van der Waals surface area contributed by atoms with Crippen molar-refractivity contribution >= 4 is 74.9 Å². The van der Waals surface area contributed by atoms with Crippen LogP contribution in [0.1, 0.15) is 0 Å². The summed E-state index contributed by atoms with van der Waals surface area (Å²) in [6.45, 7) is 0. The predicted molar refractivity (Wildman–Crippen MR) is 221 cm³/mol. The first kappa shape index (κ1) is 29.1. The van der Waals surface area contributed by atoms with Crippen LogP contribution in [0.2, 0.25) is 0 Å². The first-order chi connectivity index (χ1) is 25.8. The van der Waals surface area contributed by atoms with E-state index in [9.17, 15) is 0 Å². The fraction of sp³-hybridized carbons (Fsp3) is 0. The second-order valence-corrected chi connectivity index (χ2v) is 14.4. The zero-order valence-corrected chi connectivity index (χ0v) is 28.8. The first-order valence-electron chi connectivity index (χ1n) is 17.6. The molecule has 11 rings (SSSR count). The van der Waals surface area contributed by atoms with E-state index in [1.807, 2.05) is 23.5 Å². The number of hydrogen-bond donors (Lipinski definition) is 0. The third kappa shape index (κ3) is 4.45. The van der Waals surface area contributed by atoms with Gasteiger partial charge in [0.2, 0.25) is 0 Å². The van der Waals surface area contributed by atoms with Gasteiger partial charge in [0.15, 0.2) is 5.82 Å². The molecule has 0 radical (unpaired) electrons. The largest absolute Gasteiger partial charge is 0.308 e. The van der Waals surface area contributed by atoms with Gasteiger partial charge in [-0.3, -0.25) is 0 Å². The molecular weight excluding hydrogens is 651 g/mol. The molecule has 0 spiro atoms. The van der Waals surface area contributed by atoms with E-state index < -0.39 is 0 Å². The normalized spacial score (nSPS) is 11.8. The van der Waals surface area contributed by atoms with Gasteiger partial charge in [0.1, 0.15) is 0 Å². The second kappa shape index (κ2) is 11.5. The Balaban J connectivity index is 1.20. The number of hydrogen-bond acceptors (Lipinski definition) is 3. The van der Waals surface area contributed by atoms with Crippen LogP contribution >= 0.6 is 11.3 Å². The molecule has 242 valence electrons. The van der Waals surface area contributed by atoms with Crippen molar-refractivity contribution in [3.05, 3.63) is 176 Å². The van der Waals surface area contributed by atoms with Crippen LogP contribution in [-0.2, 0) is 0 Å². The van der Waals surface area contributed by atoms with Gasteiger partial charge in [-0.05, 0) is 57.9 Å². The molecule has 0 N–H and O–H groups in total. The monoisotopic (exact) mass is 679 g/mol. The molecule has 3 heterocycles. The first-order valence-corrected chi connectivity index (χ1v) is 18.4. The molecule has 0 aliphatic carbocycles. The van der Waals surface area contributed by atoms with Crippen molar-refractivity contribution in [1.82, 2.24) is 14.5 Å². The Kier molecular flexibility index (Phi) is 6.42. The Labute approximate surface area is 303 Å². The Hall–Kier alpha value is -6.62. The smallest absolute Gasteiger partial charge is 0.161 e. The number of aromatic nitrogens is 3. The molecule has 52 heavy (non-hydrogen) atoms. The molecule has 0 aliphatic rings. The summed E-state index contributed by atoms with van der Waals surface area (Å²) < 4.78 is 4.95.